The normalized spacial score (nSPS) is 26.6. The Morgan fingerprint density at radius 1 is 1.78 bits per heavy atom. The molecule has 1 aliphatic rings. The molecular weight excluding hydrogens is 152 g/mol. The van der Waals surface area contributed by atoms with Crippen molar-refractivity contribution in [3.05, 3.63) is 0 Å². The molecule has 2 nitrogen and oxygen atoms in total. The molecule has 0 aromatic carbocycles. The van der Waals surface area contributed by atoms with Gasteiger partial charge in [-0.3, -0.25) is 4.31 Å². The van der Waals surface area contributed by atoms with Gasteiger partial charge >= 0.3 is 0 Å². The minimum absolute atomic E-state index is 0.231. The maximum atomic E-state index is 8.39. The zero-order valence-electron chi connectivity index (χ0n) is 5.28. The van der Waals surface area contributed by atoms with Gasteiger partial charge in [-0.25, -0.2) is 0 Å². The molecule has 1 heterocycles. The second-order valence-electron chi connectivity index (χ2n) is 2.19. The van der Waals surface area contributed by atoms with Crippen molar-refractivity contribution in [2.24, 2.45) is 5.92 Å². The molecule has 1 atom stereocenters. The smallest absolute Gasteiger partial charge is 0.0735 e. The Morgan fingerprint density at radius 3 is 2.67 bits per heavy atom. The van der Waals surface area contributed by atoms with E-state index in [9.17, 15) is 0 Å². The monoisotopic (exact) mass is 162 g/mol. The molecule has 0 saturated carbocycles. The van der Waals surface area contributed by atoms with Gasteiger partial charge in [0.15, 0.2) is 0 Å². The molecule has 0 amide bonds. The molecule has 0 aromatic rings. The zero-order valence-corrected chi connectivity index (χ0v) is 7.07. The highest BCUT2D eigenvalue weighted by atomic mass is 33.1. The topological polar surface area (TPSA) is 27.0 Å². The number of thiol groups is 2. The number of hydrogen-bond acceptors (Lipinski definition) is 3. The third-order valence-corrected chi connectivity index (χ3v) is 3.36. The molecule has 0 aliphatic carbocycles. The van der Waals surface area contributed by atoms with Crippen LogP contribution in [0, 0.1) is 17.2 Å². The molecule has 1 rings (SSSR count). The number of rotatable bonds is 1. The van der Waals surface area contributed by atoms with Gasteiger partial charge in [0.2, 0.25) is 0 Å². The molecule has 1 unspecified atom stereocenters. The Bertz CT molecular complexity index is 134. The minimum Gasteiger partial charge on any atom is -0.259 e. The van der Waals surface area contributed by atoms with Gasteiger partial charge < -0.3 is 0 Å². The molecule has 9 heavy (non-hydrogen) atoms. The maximum absolute atomic E-state index is 8.39. The van der Waals surface area contributed by atoms with Crippen LogP contribution in [0.4, 0.5) is 0 Å². The fourth-order valence-corrected chi connectivity index (χ4v) is 2.08. The van der Waals surface area contributed by atoms with E-state index in [4.69, 9.17) is 5.26 Å². The Balaban J connectivity index is 2.21. The maximum Gasteiger partial charge on any atom is 0.0735 e. The van der Waals surface area contributed by atoms with Crippen LogP contribution in [-0.2, 0) is 0 Å². The first-order valence-corrected chi connectivity index (χ1v) is 5.70. The van der Waals surface area contributed by atoms with Crippen LogP contribution < -0.4 is 0 Å². The predicted octanol–water partition coefficient (Wildman–Crippen LogP) is 0.833. The van der Waals surface area contributed by atoms with Crippen molar-refractivity contribution >= 4 is 21.8 Å². The summed E-state index contributed by atoms with van der Waals surface area (Å²) in [7, 11) is -0.231. The van der Waals surface area contributed by atoms with Crippen LogP contribution in [0.1, 0.15) is 0 Å². The molecule has 4 heteroatoms. The van der Waals surface area contributed by atoms with Gasteiger partial charge in [0, 0.05) is 13.1 Å². The highest BCUT2D eigenvalue weighted by molar-refractivity contribution is 8.76. The van der Waals surface area contributed by atoms with E-state index in [1.165, 1.54) is 0 Å². The van der Waals surface area contributed by atoms with Crippen LogP contribution in [-0.4, -0.2) is 23.7 Å². The first-order chi connectivity index (χ1) is 4.24. The molecule has 52 valence electrons. The molecule has 1 aliphatic heterocycles. The molecule has 1 fully saturated rings. The number of hydrogen-bond donors (Lipinski definition) is 2. The molecular formula is C5H10N2S2. The fraction of sp³-hybridized carbons (Fsp3) is 0.800. The average Bonchev–Trinajstić information content (AvgIpc) is 1.61. The van der Waals surface area contributed by atoms with Crippen molar-refractivity contribution in [3.8, 4) is 6.07 Å². The Hall–Kier alpha value is 0.150. The number of nitriles is 1. The third-order valence-electron chi connectivity index (χ3n) is 1.45. The molecule has 0 spiro atoms. The Kier molecular flexibility index (Phi) is 2.28. The summed E-state index contributed by atoms with van der Waals surface area (Å²) < 4.78 is 2.23. The van der Waals surface area contributed by atoms with E-state index in [2.05, 4.69) is 28.3 Å². The van der Waals surface area contributed by atoms with Crippen LogP contribution in [0.15, 0.2) is 0 Å². The summed E-state index contributed by atoms with van der Waals surface area (Å²) in [5.74, 6) is 0.280. The van der Waals surface area contributed by atoms with E-state index in [1.807, 2.05) is 0 Å². The Labute approximate surface area is 63.1 Å². The number of nitrogens with zero attached hydrogens (tertiary/aromatic N) is 2. The summed E-state index contributed by atoms with van der Waals surface area (Å²) >= 11 is 4.29. The van der Waals surface area contributed by atoms with Crippen LogP contribution in [0.2, 0.25) is 0 Å². The lowest BCUT2D eigenvalue weighted by atomic mass is 10.1. The van der Waals surface area contributed by atoms with E-state index in [0.29, 0.717) is 0 Å². The lowest BCUT2D eigenvalue weighted by Crippen LogP contribution is -2.42. The van der Waals surface area contributed by atoms with Crippen LogP contribution in [0.25, 0.3) is 0 Å². The first-order valence-electron chi connectivity index (χ1n) is 2.81. The van der Waals surface area contributed by atoms with E-state index in [0.717, 1.165) is 13.1 Å². The van der Waals surface area contributed by atoms with Crippen molar-refractivity contribution in [3.63, 3.8) is 0 Å². The summed E-state index contributed by atoms with van der Waals surface area (Å²) in [6.45, 7) is 1.87. The van der Waals surface area contributed by atoms with E-state index in [1.54, 1.807) is 0 Å². The summed E-state index contributed by atoms with van der Waals surface area (Å²) in [5.41, 5.74) is 0. The van der Waals surface area contributed by atoms with Crippen molar-refractivity contribution < 1.29 is 0 Å². The molecule has 0 N–H and O–H groups in total. The Morgan fingerprint density at radius 2 is 2.33 bits per heavy atom. The van der Waals surface area contributed by atoms with Gasteiger partial charge in [0.25, 0.3) is 0 Å². The summed E-state index contributed by atoms with van der Waals surface area (Å²) in [4.78, 5) is 0. The molecule has 0 bridgehead atoms. The molecule has 0 aromatic heterocycles. The summed E-state index contributed by atoms with van der Waals surface area (Å²) in [6, 6.07) is 2.22. The van der Waals surface area contributed by atoms with E-state index >= 15 is 0 Å². The van der Waals surface area contributed by atoms with E-state index in [-0.39, 0.29) is 16.0 Å². The van der Waals surface area contributed by atoms with Crippen LogP contribution in [0.5, 0.6) is 0 Å². The quantitative estimate of drug-likeness (QED) is 0.441. The molecule has 0 radical (unpaired) electrons. The fourth-order valence-electron chi connectivity index (χ4n) is 0.773. The largest absolute Gasteiger partial charge is 0.259 e. The van der Waals surface area contributed by atoms with Crippen LogP contribution in [0.3, 0.4) is 0 Å². The SMILES string of the molecule is C[SH](S)N1CC(C#N)C1. The van der Waals surface area contributed by atoms with Crippen LogP contribution >= 0.6 is 21.8 Å². The first kappa shape index (κ1) is 7.26. The van der Waals surface area contributed by atoms with Gasteiger partial charge in [0.05, 0.1) is 12.0 Å². The van der Waals surface area contributed by atoms with Crippen molar-refractivity contribution in [2.75, 3.05) is 19.3 Å². The molecule has 1 saturated heterocycles. The van der Waals surface area contributed by atoms with Crippen molar-refractivity contribution in [1.29, 1.82) is 5.26 Å². The minimum atomic E-state index is -0.231. The lowest BCUT2D eigenvalue weighted by Gasteiger charge is -2.39. The second-order valence-corrected chi connectivity index (χ2v) is 5.47. The third kappa shape index (κ3) is 1.54. The standard InChI is InChI=1S/C5H10N2S2/c1-9(8)7-3-5(2-6)4-7/h5,8-9H,3-4H2,1H3. The predicted molar refractivity (Wildman–Crippen MR) is 44.6 cm³/mol. The van der Waals surface area contributed by atoms with E-state index < -0.39 is 0 Å². The summed E-state index contributed by atoms with van der Waals surface area (Å²) in [5, 5.41) is 8.39. The van der Waals surface area contributed by atoms with Crippen molar-refractivity contribution in [1.82, 2.24) is 4.31 Å². The lowest BCUT2D eigenvalue weighted by molar-refractivity contribution is 0.273. The van der Waals surface area contributed by atoms with Gasteiger partial charge in [-0.2, -0.15) is 15.4 Å². The summed E-state index contributed by atoms with van der Waals surface area (Å²) in [6.07, 6.45) is 2.09. The average molecular weight is 162 g/mol. The highest BCUT2D eigenvalue weighted by Crippen LogP contribution is 2.36. The van der Waals surface area contributed by atoms with Gasteiger partial charge in [-0.15, -0.1) is 11.7 Å². The zero-order chi connectivity index (χ0) is 6.85. The van der Waals surface area contributed by atoms with Gasteiger partial charge in [-0.05, 0) is 6.26 Å². The van der Waals surface area contributed by atoms with Crippen molar-refractivity contribution in [2.45, 2.75) is 0 Å². The second kappa shape index (κ2) is 2.82. The van der Waals surface area contributed by atoms with Gasteiger partial charge in [0.1, 0.15) is 0 Å². The highest BCUT2D eigenvalue weighted by Gasteiger charge is 2.27. The van der Waals surface area contributed by atoms with Gasteiger partial charge in [-0.1, -0.05) is 0 Å².